The summed E-state index contributed by atoms with van der Waals surface area (Å²) in [5.74, 6) is 0. The van der Waals surface area contributed by atoms with Crippen molar-refractivity contribution in [2.45, 2.75) is 135 Å². The summed E-state index contributed by atoms with van der Waals surface area (Å²) < 4.78 is 0. The Morgan fingerprint density at radius 2 is 1.04 bits per heavy atom. The minimum Gasteiger partial charge on any atom is -0.257 e. The molecule has 0 spiro atoms. The molecule has 0 aromatic heterocycles. The average molecular weight is 387 g/mol. The highest BCUT2D eigenvalue weighted by atomic mass is 14.9. The highest BCUT2D eigenvalue weighted by Gasteiger charge is 1.96. The average Bonchev–Trinajstić information content (AvgIpc) is 3.22. The second kappa shape index (κ2) is 20.7. The first kappa shape index (κ1) is 25.1. The lowest BCUT2D eigenvalue weighted by Gasteiger charge is -2.03. The zero-order valence-corrected chi connectivity index (χ0v) is 19.0. The predicted octanol–water partition coefficient (Wildman–Crippen LogP) is 9.38. The van der Waals surface area contributed by atoms with Gasteiger partial charge in [-0.2, -0.15) is 0 Å². The molecule has 0 aliphatic carbocycles. The lowest BCUT2D eigenvalue weighted by atomic mass is 10.0. The fraction of sp³-hybridized carbons (Fsp3) is 0.778. The van der Waals surface area contributed by atoms with Crippen molar-refractivity contribution >= 4 is 0 Å². The van der Waals surface area contributed by atoms with E-state index >= 15 is 0 Å². The summed E-state index contributed by atoms with van der Waals surface area (Å²) in [6.07, 6.45) is 39.0. The lowest BCUT2D eigenvalue weighted by molar-refractivity contribution is 0.523. The summed E-state index contributed by atoms with van der Waals surface area (Å²) in [5, 5.41) is 4.25. The van der Waals surface area contributed by atoms with Crippen LogP contribution in [0.3, 0.4) is 0 Å². The Balaban J connectivity index is 1.66. The maximum absolute atomic E-state index is 4.25. The van der Waals surface area contributed by atoms with E-state index in [0.717, 1.165) is 5.70 Å². The monoisotopic (exact) mass is 386 g/mol. The van der Waals surface area contributed by atoms with E-state index < -0.39 is 0 Å². The zero-order chi connectivity index (χ0) is 20.0. The second-order valence-electron chi connectivity index (χ2n) is 8.62. The normalized spacial score (nSPS) is 13.4. The SMILES string of the molecule is CCCCCCCCCCCCCCCCCCCCCC=CC1=CC=C[N]1. The van der Waals surface area contributed by atoms with Crippen LogP contribution in [-0.2, 0) is 0 Å². The van der Waals surface area contributed by atoms with Crippen molar-refractivity contribution in [1.82, 2.24) is 5.32 Å². The molecule has 0 saturated carbocycles. The van der Waals surface area contributed by atoms with Crippen LogP contribution in [0.15, 0.2) is 36.2 Å². The van der Waals surface area contributed by atoms with E-state index in [4.69, 9.17) is 0 Å². The second-order valence-corrected chi connectivity index (χ2v) is 8.62. The number of allylic oxidation sites excluding steroid dienone is 4. The maximum Gasteiger partial charge on any atom is 0.0626 e. The first-order valence-electron chi connectivity index (χ1n) is 12.7. The molecule has 1 heteroatoms. The van der Waals surface area contributed by atoms with Gasteiger partial charge in [0.1, 0.15) is 0 Å². The summed E-state index contributed by atoms with van der Waals surface area (Å²) in [7, 11) is 0. The summed E-state index contributed by atoms with van der Waals surface area (Å²) >= 11 is 0. The van der Waals surface area contributed by atoms with E-state index in [2.05, 4.69) is 30.5 Å². The Morgan fingerprint density at radius 3 is 1.43 bits per heavy atom. The molecule has 1 rings (SSSR count). The third kappa shape index (κ3) is 17.1. The molecular weight excluding hydrogens is 338 g/mol. The van der Waals surface area contributed by atoms with E-state index in [0.29, 0.717) is 0 Å². The van der Waals surface area contributed by atoms with Gasteiger partial charge >= 0.3 is 0 Å². The standard InChI is InChI=1S/C27H48N/c1-2-3-4-5-6-7-8-9-10-11-12-13-14-15-16-17-18-19-20-21-22-24-27-25-23-26-28-27/h22-26H,2-21H2,1H3. The minimum atomic E-state index is 1.10. The Kier molecular flexibility index (Phi) is 18.6. The van der Waals surface area contributed by atoms with Crippen molar-refractivity contribution in [3.8, 4) is 0 Å². The molecule has 0 fully saturated rings. The van der Waals surface area contributed by atoms with Gasteiger partial charge in [0.05, 0.1) is 5.70 Å². The van der Waals surface area contributed by atoms with E-state index in [-0.39, 0.29) is 0 Å². The van der Waals surface area contributed by atoms with Gasteiger partial charge < -0.3 is 0 Å². The highest BCUT2D eigenvalue weighted by Crippen LogP contribution is 2.15. The van der Waals surface area contributed by atoms with E-state index in [1.54, 1.807) is 0 Å². The van der Waals surface area contributed by atoms with Crippen LogP contribution < -0.4 is 5.32 Å². The van der Waals surface area contributed by atoms with Crippen LogP contribution in [0, 0.1) is 0 Å². The molecule has 0 aromatic rings. The molecule has 28 heavy (non-hydrogen) atoms. The Labute approximate surface area is 177 Å². The van der Waals surface area contributed by atoms with E-state index in [1.165, 1.54) is 128 Å². The van der Waals surface area contributed by atoms with Crippen LogP contribution in [0.1, 0.15) is 135 Å². The molecule has 0 atom stereocenters. The number of rotatable bonds is 21. The summed E-state index contributed by atoms with van der Waals surface area (Å²) in [5.41, 5.74) is 1.10. The number of nitrogens with zero attached hydrogens (tertiary/aromatic N) is 1. The Bertz CT molecular complexity index is 404. The number of hydrogen-bond acceptors (Lipinski definition) is 0. The van der Waals surface area contributed by atoms with Gasteiger partial charge in [-0.15, -0.1) is 0 Å². The lowest BCUT2D eigenvalue weighted by Crippen LogP contribution is -1.86. The van der Waals surface area contributed by atoms with Crippen molar-refractivity contribution in [2.24, 2.45) is 0 Å². The van der Waals surface area contributed by atoms with Gasteiger partial charge in [-0.1, -0.05) is 129 Å². The van der Waals surface area contributed by atoms with Gasteiger partial charge in [0, 0.05) is 6.20 Å². The molecule has 1 aliphatic rings. The van der Waals surface area contributed by atoms with Crippen LogP contribution in [0.2, 0.25) is 0 Å². The molecule has 0 bridgehead atoms. The zero-order valence-electron chi connectivity index (χ0n) is 19.0. The molecule has 161 valence electrons. The van der Waals surface area contributed by atoms with Crippen molar-refractivity contribution < 1.29 is 0 Å². The highest BCUT2D eigenvalue weighted by molar-refractivity contribution is 5.28. The van der Waals surface area contributed by atoms with E-state index in [9.17, 15) is 0 Å². The fourth-order valence-electron chi connectivity index (χ4n) is 3.96. The van der Waals surface area contributed by atoms with Gasteiger partial charge in [0.15, 0.2) is 0 Å². The molecule has 0 unspecified atom stereocenters. The molecular formula is C27H48N. The van der Waals surface area contributed by atoms with Crippen LogP contribution >= 0.6 is 0 Å². The molecule has 0 N–H and O–H groups in total. The van der Waals surface area contributed by atoms with Gasteiger partial charge in [0.2, 0.25) is 0 Å². The molecule has 1 nitrogen and oxygen atoms in total. The number of unbranched alkanes of at least 4 members (excludes halogenated alkanes) is 19. The predicted molar refractivity (Wildman–Crippen MR) is 127 cm³/mol. The first-order chi connectivity index (χ1) is 13.9. The molecule has 1 radical (unpaired) electrons. The molecule has 1 aliphatic heterocycles. The molecule has 0 amide bonds. The fourth-order valence-corrected chi connectivity index (χ4v) is 3.96. The smallest absolute Gasteiger partial charge is 0.0626 e. The summed E-state index contributed by atoms with van der Waals surface area (Å²) in [6.45, 7) is 2.30. The maximum atomic E-state index is 4.25. The minimum absolute atomic E-state index is 1.10. The quantitative estimate of drug-likeness (QED) is 0.174. The largest absolute Gasteiger partial charge is 0.257 e. The molecule has 0 aromatic carbocycles. The van der Waals surface area contributed by atoms with Gasteiger partial charge in [-0.3, -0.25) is 5.32 Å². The van der Waals surface area contributed by atoms with Crippen LogP contribution in [0.4, 0.5) is 0 Å². The Morgan fingerprint density at radius 1 is 0.607 bits per heavy atom. The van der Waals surface area contributed by atoms with Gasteiger partial charge in [0.25, 0.3) is 0 Å². The van der Waals surface area contributed by atoms with Crippen molar-refractivity contribution in [2.75, 3.05) is 0 Å². The van der Waals surface area contributed by atoms with Crippen molar-refractivity contribution in [1.29, 1.82) is 0 Å². The van der Waals surface area contributed by atoms with Crippen LogP contribution in [-0.4, -0.2) is 0 Å². The van der Waals surface area contributed by atoms with Crippen molar-refractivity contribution in [3.05, 3.63) is 36.2 Å². The molecule has 1 heterocycles. The van der Waals surface area contributed by atoms with Gasteiger partial charge in [-0.05, 0) is 31.1 Å². The third-order valence-corrected chi connectivity index (χ3v) is 5.84. The summed E-state index contributed by atoms with van der Waals surface area (Å²) in [4.78, 5) is 0. The summed E-state index contributed by atoms with van der Waals surface area (Å²) in [6, 6.07) is 0. The van der Waals surface area contributed by atoms with Crippen molar-refractivity contribution in [3.63, 3.8) is 0 Å². The van der Waals surface area contributed by atoms with E-state index in [1.807, 2.05) is 12.3 Å². The number of hydrogen-bond donors (Lipinski definition) is 0. The van der Waals surface area contributed by atoms with Crippen LogP contribution in [0.25, 0.3) is 0 Å². The third-order valence-electron chi connectivity index (χ3n) is 5.84. The topological polar surface area (TPSA) is 14.1 Å². The molecule has 0 saturated heterocycles. The van der Waals surface area contributed by atoms with Gasteiger partial charge in [-0.25, -0.2) is 0 Å². The first-order valence-corrected chi connectivity index (χ1v) is 12.7. The Hall–Kier alpha value is -0.980. The van der Waals surface area contributed by atoms with Crippen LogP contribution in [0.5, 0.6) is 0 Å².